The lowest BCUT2D eigenvalue weighted by Crippen LogP contribution is -2.61. The van der Waals surface area contributed by atoms with Crippen molar-refractivity contribution >= 4 is 24.3 Å². The van der Waals surface area contributed by atoms with E-state index in [1.165, 1.54) is 0 Å². The van der Waals surface area contributed by atoms with Gasteiger partial charge >= 0.3 is 6.03 Å². The molecule has 0 saturated heterocycles. The molecular formula is C15H29ClN4O2. The Balaban J connectivity index is 0.00000242. The van der Waals surface area contributed by atoms with Gasteiger partial charge in [0.05, 0.1) is 0 Å². The summed E-state index contributed by atoms with van der Waals surface area (Å²) in [7, 11) is 0. The fourth-order valence-corrected chi connectivity index (χ4v) is 3.62. The lowest BCUT2D eigenvalue weighted by atomic mass is 9.94. The molecular weight excluding hydrogens is 304 g/mol. The summed E-state index contributed by atoms with van der Waals surface area (Å²) in [6.45, 7) is 3.04. The van der Waals surface area contributed by atoms with Crippen LogP contribution in [0, 0.1) is 5.92 Å². The van der Waals surface area contributed by atoms with E-state index in [-0.39, 0.29) is 30.4 Å². The van der Waals surface area contributed by atoms with Gasteiger partial charge in [-0.05, 0) is 45.1 Å². The van der Waals surface area contributed by atoms with E-state index in [2.05, 4.69) is 16.0 Å². The summed E-state index contributed by atoms with van der Waals surface area (Å²) in [6.07, 6.45) is 6.58. The number of rotatable bonds is 5. The predicted octanol–water partition coefficient (Wildman–Crippen LogP) is 1.28. The second-order valence-electron chi connectivity index (χ2n) is 6.28. The molecule has 0 heterocycles. The lowest BCUT2D eigenvalue weighted by molar-refractivity contribution is -0.128. The number of nitrogens with two attached hydrogens (primary N) is 1. The minimum absolute atomic E-state index is 0. The summed E-state index contributed by atoms with van der Waals surface area (Å²) in [5.41, 5.74) is 5.04. The van der Waals surface area contributed by atoms with Crippen LogP contribution >= 0.6 is 12.4 Å². The van der Waals surface area contributed by atoms with Crippen LogP contribution in [0.3, 0.4) is 0 Å². The fraction of sp³-hybridized carbons (Fsp3) is 0.867. The van der Waals surface area contributed by atoms with Gasteiger partial charge in [-0.3, -0.25) is 4.79 Å². The Morgan fingerprint density at radius 1 is 1.18 bits per heavy atom. The van der Waals surface area contributed by atoms with Crippen LogP contribution in [-0.4, -0.2) is 36.6 Å². The number of carbonyl (C=O) groups excluding carboxylic acids is 2. The van der Waals surface area contributed by atoms with Crippen molar-refractivity contribution in [2.24, 2.45) is 11.7 Å². The van der Waals surface area contributed by atoms with Crippen LogP contribution in [0.5, 0.6) is 0 Å². The van der Waals surface area contributed by atoms with Crippen molar-refractivity contribution in [2.45, 2.75) is 63.5 Å². The minimum atomic E-state index is -0.735. The highest BCUT2D eigenvalue weighted by atomic mass is 35.5. The number of halogens is 1. The summed E-state index contributed by atoms with van der Waals surface area (Å²) in [5.74, 6) is 0.341. The van der Waals surface area contributed by atoms with Crippen molar-refractivity contribution in [3.63, 3.8) is 0 Å². The molecule has 2 saturated carbocycles. The van der Waals surface area contributed by atoms with Crippen LogP contribution in [0.15, 0.2) is 0 Å². The van der Waals surface area contributed by atoms with Crippen molar-refractivity contribution in [1.82, 2.24) is 16.0 Å². The van der Waals surface area contributed by atoms with E-state index in [0.717, 1.165) is 44.9 Å². The first-order valence-electron chi connectivity index (χ1n) is 8.18. The van der Waals surface area contributed by atoms with Gasteiger partial charge < -0.3 is 21.7 Å². The molecule has 0 aromatic rings. The van der Waals surface area contributed by atoms with Crippen LogP contribution in [0.1, 0.15) is 51.9 Å². The van der Waals surface area contributed by atoms with Gasteiger partial charge in [-0.1, -0.05) is 19.3 Å². The molecule has 0 bridgehead atoms. The maximum Gasteiger partial charge on any atom is 0.315 e. The molecule has 0 spiro atoms. The zero-order valence-electron chi connectivity index (χ0n) is 13.3. The highest BCUT2D eigenvalue weighted by Gasteiger charge is 2.44. The second-order valence-corrected chi connectivity index (χ2v) is 6.28. The van der Waals surface area contributed by atoms with Crippen molar-refractivity contribution in [2.75, 3.05) is 13.1 Å². The predicted molar refractivity (Wildman–Crippen MR) is 89.0 cm³/mol. The molecule has 0 aromatic carbocycles. The number of nitrogens with one attached hydrogen (secondary N) is 3. The van der Waals surface area contributed by atoms with Crippen LogP contribution in [0.4, 0.5) is 4.79 Å². The molecule has 2 rings (SSSR count). The zero-order valence-corrected chi connectivity index (χ0v) is 14.1. The lowest BCUT2D eigenvalue weighted by Gasteiger charge is -2.31. The standard InChI is InChI=1S/C15H28N4O2.ClH/c1-2-17-14(21)19-15(8-3-4-9-15)13(20)18-12-7-5-6-11(12)10-16;/h11-12H,2-10,16H2,1H3,(H,18,20)(H2,17,19,21);1H. The molecule has 2 unspecified atom stereocenters. The number of urea groups is 1. The average molecular weight is 333 g/mol. The normalized spacial score (nSPS) is 26.1. The second kappa shape index (κ2) is 8.58. The Morgan fingerprint density at radius 3 is 2.45 bits per heavy atom. The molecule has 22 heavy (non-hydrogen) atoms. The van der Waals surface area contributed by atoms with E-state index >= 15 is 0 Å². The molecule has 2 fully saturated rings. The van der Waals surface area contributed by atoms with Gasteiger partial charge in [0, 0.05) is 12.6 Å². The van der Waals surface area contributed by atoms with Gasteiger partial charge in [-0.2, -0.15) is 0 Å². The summed E-state index contributed by atoms with van der Waals surface area (Å²) >= 11 is 0. The van der Waals surface area contributed by atoms with E-state index in [4.69, 9.17) is 5.73 Å². The Labute approximate surface area is 138 Å². The minimum Gasteiger partial charge on any atom is -0.351 e. The summed E-state index contributed by atoms with van der Waals surface area (Å²) < 4.78 is 0. The number of hydrogen-bond acceptors (Lipinski definition) is 3. The zero-order chi connectivity index (χ0) is 15.3. The third-order valence-corrected chi connectivity index (χ3v) is 4.86. The van der Waals surface area contributed by atoms with Gasteiger partial charge in [0.15, 0.2) is 0 Å². The van der Waals surface area contributed by atoms with E-state index in [9.17, 15) is 9.59 Å². The third-order valence-electron chi connectivity index (χ3n) is 4.86. The third kappa shape index (κ3) is 4.26. The summed E-state index contributed by atoms with van der Waals surface area (Å²) in [6, 6.07) is -0.0904. The van der Waals surface area contributed by atoms with Crippen molar-refractivity contribution < 1.29 is 9.59 Å². The topological polar surface area (TPSA) is 96.2 Å². The monoisotopic (exact) mass is 332 g/mol. The first kappa shape index (κ1) is 19.0. The van der Waals surface area contributed by atoms with Crippen molar-refractivity contribution in [3.8, 4) is 0 Å². The smallest absolute Gasteiger partial charge is 0.315 e. The number of amides is 3. The fourth-order valence-electron chi connectivity index (χ4n) is 3.62. The van der Waals surface area contributed by atoms with Gasteiger partial charge in [-0.25, -0.2) is 4.79 Å². The van der Waals surface area contributed by atoms with Crippen LogP contribution in [-0.2, 0) is 4.79 Å². The van der Waals surface area contributed by atoms with Crippen LogP contribution < -0.4 is 21.7 Å². The highest BCUT2D eigenvalue weighted by molar-refractivity contribution is 5.91. The molecule has 2 aliphatic carbocycles. The number of hydrogen-bond donors (Lipinski definition) is 4. The molecule has 3 amide bonds. The first-order valence-corrected chi connectivity index (χ1v) is 8.18. The molecule has 6 nitrogen and oxygen atoms in total. The molecule has 0 aromatic heterocycles. The molecule has 0 aliphatic heterocycles. The van der Waals surface area contributed by atoms with Gasteiger partial charge in [0.1, 0.15) is 5.54 Å². The Kier molecular flexibility index (Phi) is 7.42. The molecule has 0 radical (unpaired) electrons. The van der Waals surface area contributed by atoms with Crippen LogP contribution in [0.25, 0.3) is 0 Å². The average Bonchev–Trinajstić information content (AvgIpc) is 3.08. The Morgan fingerprint density at radius 2 is 1.86 bits per heavy atom. The summed E-state index contributed by atoms with van der Waals surface area (Å²) in [5, 5.41) is 8.77. The van der Waals surface area contributed by atoms with E-state index in [1.54, 1.807) is 0 Å². The van der Waals surface area contributed by atoms with E-state index < -0.39 is 5.54 Å². The van der Waals surface area contributed by atoms with Gasteiger partial charge in [-0.15, -0.1) is 12.4 Å². The molecule has 7 heteroatoms. The maximum absolute atomic E-state index is 12.7. The molecule has 2 atom stereocenters. The van der Waals surface area contributed by atoms with Crippen molar-refractivity contribution in [1.29, 1.82) is 0 Å². The number of carbonyl (C=O) groups is 2. The van der Waals surface area contributed by atoms with Gasteiger partial charge in [0.2, 0.25) is 5.91 Å². The van der Waals surface area contributed by atoms with Gasteiger partial charge in [0.25, 0.3) is 0 Å². The molecule has 128 valence electrons. The van der Waals surface area contributed by atoms with E-state index in [0.29, 0.717) is 19.0 Å². The Hall–Kier alpha value is -1.01. The molecule has 5 N–H and O–H groups in total. The highest BCUT2D eigenvalue weighted by Crippen LogP contribution is 2.31. The molecule has 2 aliphatic rings. The maximum atomic E-state index is 12.7. The summed E-state index contributed by atoms with van der Waals surface area (Å²) in [4.78, 5) is 24.6. The largest absolute Gasteiger partial charge is 0.351 e. The SMILES string of the molecule is CCNC(=O)NC1(C(=O)NC2CCCC2CN)CCCC1.Cl. The van der Waals surface area contributed by atoms with Crippen molar-refractivity contribution in [3.05, 3.63) is 0 Å². The van der Waals surface area contributed by atoms with E-state index in [1.807, 2.05) is 6.92 Å². The Bertz CT molecular complexity index is 386. The first-order chi connectivity index (χ1) is 10.1. The van der Waals surface area contributed by atoms with Crippen LogP contribution in [0.2, 0.25) is 0 Å². The quantitative estimate of drug-likeness (QED) is 0.610.